The molecule has 0 radical (unpaired) electrons. The lowest BCUT2D eigenvalue weighted by Crippen LogP contribution is -2.62. The fraction of sp³-hybridized carbons (Fsp3) is 0.172. The molecule has 2 nitrogen and oxygen atoms in total. The number of benzene rings is 8. The monoisotopic (exact) mass is 787 g/mol. The predicted molar refractivity (Wildman–Crippen MR) is 260 cm³/mol. The Hall–Kier alpha value is -6.58. The maximum Gasteiger partial charge on any atom is 0.329 e. The summed E-state index contributed by atoms with van der Waals surface area (Å²) in [7, 11) is 0. The summed E-state index contributed by atoms with van der Waals surface area (Å²) in [5.74, 6) is -0.0997. The average molecular weight is 788 g/mol. The van der Waals surface area contributed by atoms with Gasteiger partial charge < -0.3 is 9.23 Å². The molecule has 0 amide bonds. The van der Waals surface area contributed by atoms with Gasteiger partial charge in [0.05, 0.1) is 0 Å². The van der Waals surface area contributed by atoms with Gasteiger partial charge in [-0.1, -0.05) is 187 Å². The molecule has 61 heavy (non-hydrogen) atoms. The van der Waals surface area contributed by atoms with Crippen LogP contribution in [0.1, 0.15) is 80.8 Å². The van der Waals surface area contributed by atoms with Crippen LogP contribution in [-0.4, -0.2) is 6.85 Å². The van der Waals surface area contributed by atoms with Gasteiger partial charge in [-0.05, 0) is 109 Å². The highest BCUT2D eigenvalue weighted by molar-refractivity contribution is 6.92. The molecule has 0 N–H and O–H groups in total. The lowest BCUT2D eigenvalue weighted by Gasteiger charge is -2.45. The van der Waals surface area contributed by atoms with Gasteiger partial charge in [0.1, 0.15) is 11.2 Å². The quantitative estimate of drug-likeness (QED) is 0.165. The van der Waals surface area contributed by atoms with Gasteiger partial charge in [-0.15, -0.1) is 0 Å². The van der Waals surface area contributed by atoms with Crippen LogP contribution in [0.5, 0.6) is 0 Å². The van der Waals surface area contributed by atoms with E-state index in [1.807, 2.05) is 0 Å². The van der Waals surface area contributed by atoms with E-state index in [4.69, 9.17) is 4.42 Å². The number of rotatable bonds is 4. The SMILES string of the molecule is Cc1cc2c3c(c1)C(c1ccc(C(C)(C)C)cc1-c1ccccc1)c1c(ccc4c1oc1ccccc14)B3N(c1ccc(C(C)(C)C)cc1)c1ccc(-c3ccccc3)cc1-2. The smallest absolute Gasteiger partial charge is 0.329 e. The number of aryl methyl sites for hydroxylation is 1. The van der Waals surface area contributed by atoms with E-state index in [1.54, 1.807) is 0 Å². The van der Waals surface area contributed by atoms with E-state index < -0.39 is 0 Å². The summed E-state index contributed by atoms with van der Waals surface area (Å²) in [6.07, 6.45) is 0. The minimum absolute atomic E-state index is 0.0185. The summed E-state index contributed by atoms with van der Waals surface area (Å²) in [6, 6.07) is 63.8. The second-order valence-corrected chi connectivity index (χ2v) is 19.4. The molecule has 9 aromatic rings. The molecular weight excluding hydrogens is 737 g/mol. The number of fused-ring (bicyclic) bond motifs is 8. The average Bonchev–Trinajstić information content (AvgIpc) is 3.65. The van der Waals surface area contributed by atoms with E-state index in [9.17, 15) is 0 Å². The molecule has 1 atom stereocenters. The van der Waals surface area contributed by atoms with Gasteiger partial charge in [0.2, 0.25) is 0 Å². The zero-order chi connectivity index (χ0) is 41.8. The van der Waals surface area contributed by atoms with Crippen molar-refractivity contribution in [1.82, 2.24) is 0 Å². The molecule has 0 saturated carbocycles. The molecule has 0 bridgehead atoms. The molecular formula is C58H50BNO. The van der Waals surface area contributed by atoms with Crippen molar-refractivity contribution in [2.24, 2.45) is 0 Å². The third-order valence-corrected chi connectivity index (χ3v) is 13.4. The second-order valence-electron chi connectivity index (χ2n) is 19.4. The normalized spacial score (nSPS) is 14.6. The second kappa shape index (κ2) is 13.7. The zero-order valence-corrected chi connectivity index (χ0v) is 36.2. The third-order valence-electron chi connectivity index (χ3n) is 13.4. The standard InChI is InChI=1S/C58H50BNO/c1-36-32-48-47-34-39(37-16-10-8-11-17-37)22-31-51(47)60(42-26-23-40(24-27-42)57(2,3)4)59-50-30-29-45-43-20-14-15-21-52(43)61-56(45)54(50)53(49(33-36)55(48)59)44-28-25-41(58(5,6)7)35-46(44)38-18-12-9-13-19-38/h8-35,53H,1-7H3. The first-order valence-electron chi connectivity index (χ1n) is 21.8. The largest absolute Gasteiger partial charge is 0.456 e. The highest BCUT2D eigenvalue weighted by Gasteiger charge is 2.47. The molecule has 3 heteroatoms. The molecule has 0 saturated heterocycles. The Kier molecular flexibility index (Phi) is 8.42. The Balaban J connectivity index is 1.27. The molecule has 0 aliphatic carbocycles. The summed E-state index contributed by atoms with van der Waals surface area (Å²) >= 11 is 0. The van der Waals surface area contributed by atoms with Gasteiger partial charge in [-0.3, -0.25) is 0 Å². The van der Waals surface area contributed by atoms with Crippen LogP contribution in [0.2, 0.25) is 0 Å². The topological polar surface area (TPSA) is 16.4 Å². The number of anilines is 2. The Bertz CT molecular complexity index is 3160. The van der Waals surface area contributed by atoms with E-state index in [2.05, 4.69) is 223 Å². The van der Waals surface area contributed by atoms with Gasteiger partial charge >= 0.3 is 6.85 Å². The van der Waals surface area contributed by atoms with Crippen LogP contribution in [-0.2, 0) is 10.8 Å². The number of hydrogen-bond acceptors (Lipinski definition) is 2. The molecule has 8 aromatic carbocycles. The van der Waals surface area contributed by atoms with Crippen LogP contribution in [0, 0.1) is 6.92 Å². The van der Waals surface area contributed by atoms with Crippen molar-refractivity contribution >= 4 is 51.1 Å². The molecule has 0 fully saturated rings. The van der Waals surface area contributed by atoms with E-state index in [0.29, 0.717) is 0 Å². The minimum Gasteiger partial charge on any atom is -0.456 e. The number of hydrogen-bond donors (Lipinski definition) is 0. The van der Waals surface area contributed by atoms with Crippen LogP contribution < -0.4 is 15.7 Å². The Morgan fingerprint density at radius 1 is 0.508 bits per heavy atom. The Morgan fingerprint density at radius 3 is 1.90 bits per heavy atom. The molecule has 2 aliphatic rings. The third kappa shape index (κ3) is 6.00. The minimum atomic E-state index is -0.0997. The van der Waals surface area contributed by atoms with Crippen LogP contribution >= 0.6 is 0 Å². The van der Waals surface area contributed by atoms with Gasteiger partial charge in [0.15, 0.2) is 0 Å². The van der Waals surface area contributed by atoms with Gasteiger partial charge in [0.25, 0.3) is 0 Å². The van der Waals surface area contributed by atoms with Crippen molar-refractivity contribution in [3.63, 3.8) is 0 Å². The molecule has 296 valence electrons. The molecule has 1 aromatic heterocycles. The van der Waals surface area contributed by atoms with Crippen molar-refractivity contribution in [3.8, 4) is 33.4 Å². The van der Waals surface area contributed by atoms with Crippen molar-refractivity contribution in [2.75, 3.05) is 4.81 Å². The number of furan rings is 1. The van der Waals surface area contributed by atoms with Crippen LogP contribution in [0.15, 0.2) is 174 Å². The van der Waals surface area contributed by atoms with E-state index >= 15 is 0 Å². The summed E-state index contributed by atoms with van der Waals surface area (Å²) < 4.78 is 7.12. The molecule has 1 unspecified atom stereocenters. The highest BCUT2D eigenvalue weighted by atomic mass is 16.3. The maximum absolute atomic E-state index is 7.12. The van der Waals surface area contributed by atoms with Gasteiger partial charge in [-0.2, -0.15) is 0 Å². The predicted octanol–water partition coefficient (Wildman–Crippen LogP) is 14.2. The van der Waals surface area contributed by atoms with Crippen molar-refractivity contribution in [2.45, 2.75) is 65.2 Å². The molecule has 0 spiro atoms. The van der Waals surface area contributed by atoms with Crippen LogP contribution in [0.25, 0.3) is 55.3 Å². The summed E-state index contributed by atoms with van der Waals surface area (Å²) in [5, 5.41) is 2.31. The van der Waals surface area contributed by atoms with E-state index in [-0.39, 0.29) is 23.6 Å². The van der Waals surface area contributed by atoms with Crippen molar-refractivity contribution < 1.29 is 4.42 Å². The molecule has 3 heterocycles. The lowest BCUT2D eigenvalue weighted by atomic mass is 9.39. The Morgan fingerprint density at radius 2 is 1.18 bits per heavy atom. The lowest BCUT2D eigenvalue weighted by molar-refractivity contribution is 0.590. The fourth-order valence-electron chi connectivity index (χ4n) is 10.3. The van der Waals surface area contributed by atoms with Crippen LogP contribution in [0.3, 0.4) is 0 Å². The van der Waals surface area contributed by atoms with E-state index in [1.165, 1.54) is 89.1 Å². The Labute approximate surface area is 360 Å². The number of para-hydroxylation sites is 1. The summed E-state index contributed by atoms with van der Waals surface area (Å²) in [6.45, 7) is 16.0. The number of nitrogens with zero attached hydrogens (tertiary/aromatic N) is 1. The molecule has 11 rings (SSSR count). The van der Waals surface area contributed by atoms with Crippen molar-refractivity contribution in [3.05, 3.63) is 203 Å². The maximum atomic E-state index is 7.12. The highest BCUT2D eigenvalue weighted by Crippen LogP contribution is 2.50. The van der Waals surface area contributed by atoms with E-state index in [0.717, 1.165) is 21.9 Å². The van der Waals surface area contributed by atoms with Crippen LogP contribution in [0.4, 0.5) is 11.4 Å². The van der Waals surface area contributed by atoms with Gasteiger partial charge in [0, 0.05) is 39.2 Å². The van der Waals surface area contributed by atoms with Crippen molar-refractivity contribution in [1.29, 1.82) is 0 Å². The first kappa shape index (κ1) is 37.4. The zero-order valence-electron chi connectivity index (χ0n) is 36.2. The summed E-state index contributed by atoms with van der Waals surface area (Å²) in [4.78, 5) is 2.63. The summed E-state index contributed by atoms with van der Waals surface area (Å²) in [5.41, 5.74) is 22.3. The molecule has 2 aliphatic heterocycles. The van der Waals surface area contributed by atoms with Gasteiger partial charge in [-0.25, -0.2) is 0 Å². The fourth-order valence-corrected chi connectivity index (χ4v) is 10.3. The first-order chi connectivity index (χ1) is 29.4. The first-order valence-corrected chi connectivity index (χ1v) is 21.8.